The Hall–Kier alpha value is -2.48. The minimum atomic E-state index is 0.173. The van der Waals surface area contributed by atoms with Crippen LogP contribution in [0.25, 0.3) is 23.2 Å². The van der Waals surface area contributed by atoms with Gasteiger partial charge in [0.15, 0.2) is 5.42 Å². The van der Waals surface area contributed by atoms with E-state index >= 15 is 0 Å². The van der Waals surface area contributed by atoms with Crippen molar-refractivity contribution in [2.24, 2.45) is 0 Å². The highest BCUT2D eigenvalue weighted by Gasteiger charge is 2.14. The Balaban J connectivity index is 1.93. The SMILES string of the molecule is C=c1/c(=C(/C)NC(C)c2ccc(C(C)(C)C)cc2)oc2c(C)cccc12. The lowest BCUT2D eigenvalue weighted by molar-refractivity contribution is 0.558. The Morgan fingerprint density at radius 1 is 1.08 bits per heavy atom. The molecule has 0 aliphatic rings. The third-order valence-corrected chi connectivity index (χ3v) is 5.07. The zero-order chi connectivity index (χ0) is 19.1. The van der Waals surface area contributed by atoms with Crippen LogP contribution in [0.2, 0.25) is 0 Å². The van der Waals surface area contributed by atoms with Crippen LogP contribution in [0.3, 0.4) is 0 Å². The number of aryl methyl sites for hydroxylation is 1. The highest BCUT2D eigenvalue weighted by Crippen LogP contribution is 2.24. The molecule has 136 valence electrons. The second kappa shape index (κ2) is 6.68. The molecule has 0 aliphatic heterocycles. The predicted octanol–water partition coefficient (Wildman–Crippen LogP) is 4.93. The summed E-state index contributed by atoms with van der Waals surface area (Å²) < 4.78 is 6.13. The van der Waals surface area contributed by atoms with Gasteiger partial charge in [-0.15, -0.1) is 0 Å². The predicted molar refractivity (Wildman–Crippen MR) is 111 cm³/mol. The lowest BCUT2D eigenvalue weighted by Gasteiger charge is -2.21. The lowest BCUT2D eigenvalue weighted by atomic mass is 9.86. The molecule has 0 fully saturated rings. The molecule has 0 saturated heterocycles. The van der Waals surface area contributed by atoms with E-state index in [-0.39, 0.29) is 11.5 Å². The number of para-hydroxylation sites is 1. The summed E-state index contributed by atoms with van der Waals surface area (Å²) in [5.41, 5.74) is 6.70. The quantitative estimate of drug-likeness (QED) is 0.727. The van der Waals surface area contributed by atoms with Gasteiger partial charge in [-0.1, -0.05) is 69.8 Å². The zero-order valence-electron chi connectivity index (χ0n) is 16.7. The number of hydrogen-bond acceptors (Lipinski definition) is 2. The fourth-order valence-electron chi connectivity index (χ4n) is 3.36. The minimum absolute atomic E-state index is 0.173. The van der Waals surface area contributed by atoms with Crippen molar-refractivity contribution in [3.05, 3.63) is 69.8 Å². The van der Waals surface area contributed by atoms with Gasteiger partial charge in [0, 0.05) is 16.6 Å². The topological polar surface area (TPSA) is 25.2 Å². The Morgan fingerprint density at radius 2 is 1.73 bits per heavy atom. The first kappa shape index (κ1) is 18.3. The first-order chi connectivity index (χ1) is 12.2. The third kappa shape index (κ3) is 3.41. The van der Waals surface area contributed by atoms with Gasteiger partial charge in [-0.2, -0.15) is 0 Å². The van der Waals surface area contributed by atoms with Gasteiger partial charge in [0.2, 0.25) is 0 Å². The number of fused-ring (bicyclic) bond motifs is 1. The van der Waals surface area contributed by atoms with Gasteiger partial charge in [0.1, 0.15) is 5.58 Å². The number of rotatable bonds is 3. The monoisotopic (exact) mass is 347 g/mol. The molecule has 1 aromatic heterocycles. The molecule has 0 aliphatic carbocycles. The molecule has 1 N–H and O–H groups in total. The summed E-state index contributed by atoms with van der Waals surface area (Å²) in [5.74, 6) is 0. The van der Waals surface area contributed by atoms with Crippen LogP contribution in [-0.2, 0) is 5.41 Å². The molecule has 26 heavy (non-hydrogen) atoms. The van der Waals surface area contributed by atoms with Crippen molar-refractivity contribution >= 4 is 23.2 Å². The van der Waals surface area contributed by atoms with E-state index in [2.05, 4.69) is 89.8 Å². The second-order valence-corrected chi connectivity index (χ2v) is 8.22. The van der Waals surface area contributed by atoms with Crippen LogP contribution in [0.1, 0.15) is 57.4 Å². The van der Waals surface area contributed by atoms with Crippen molar-refractivity contribution in [2.75, 3.05) is 0 Å². The first-order valence-electron chi connectivity index (χ1n) is 9.23. The lowest BCUT2D eigenvalue weighted by Crippen LogP contribution is -2.28. The summed E-state index contributed by atoms with van der Waals surface area (Å²) in [4.78, 5) is 0. The van der Waals surface area contributed by atoms with E-state index in [0.29, 0.717) is 0 Å². The van der Waals surface area contributed by atoms with Crippen LogP contribution in [0.15, 0.2) is 46.9 Å². The Morgan fingerprint density at radius 3 is 2.31 bits per heavy atom. The Bertz CT molecular complexity index is 1030. The van der Waals surface area contributed by atoms with Crippen LogP contribution >= 0.6 is 0 Å². The number of benzene rings is 2. The largest absolute Gasteiger partial charge is 0.454 e. The maximum absolute atomic E-state index is 6.13. The molecule has 2 heteroatoms. The molecular formula is C24H29NO. The van der Waals surface area contributed by atoms with E-state index in [4.69, 9.17) is 4.42 Å². The standard InChI is InChI=1S/C24H29NO/c1-15-9-8-10-21-16(2)23(26-22(15)21)18(4)25-17(3)19-11-13-20(14-12-19)24(5,6)7/h8-14,17,25H,2H2,1,3-7H3/b23-18+. The van der Waals surface area contributed by atoms with E-state index in [0.717, 1.165) is 32.9 Å². The van der Waals surface area contributed by atoms with Gasteiger partial charge in [-0.05, 0) is 42.9 Å². The highest BCUT2D eigenvalue weighted by molar-refractivity contribution is 5.81. The van der Waals surface area contributed by atoms with Crippen LogP contribution in [0.4, 0.5) is 0 Å². The number of furan rings is 1. The summed E-state index contributed by atoms with van der Waals surface area (Å²) in [7, 11) is 0. The molecular weight excluding hydrogens is 318 g/mol. The Kier molecular flexibility index (Phi) is 4.70. The van der Waals surface area contributed by atoms with Crippen molar-refractivity contribution in [1.29, 1.82) is 0 Å². The molecule has 1 unspecified atom stereocenters. The van der Waals surface area contributed by atoms with Gasteiger partial charge < -0.3 is 9.73 Å². The summed E-state index contributed by atoms with van der Waals surface area (Å²) in [6.45, 7) is 17.2. The molecule has 1 atom stereocenters. The van der Waals surface area contributed by atoms with E-state index in [9.17, 15) is 0 Å². The fourth-order valence-corrected chi connectivity index (χ4v) is 3.36. The molecule has 3 rings (SSSR count). The highest BCUT2D eigenvalue weighted by atomic mass is 16.3. The average molecular weight is 348 g/mol. The molecule has 1 heterocycles. The molecule has 3 aromatic rings. The van der Waals surface area contributed by atoms with Crippen molar-refractivity contribution in [3.63, 3.8) is 0 Å². The molecule has 0 saturated carbocycles. The molecule has 2 aromatic carbocycles. The van der Waals surface area contributed by atoms with E-state index in [1.54, 1.807) is 0 Å². The Labute approximate surface area is 156 Å². The second-order valence-electron chi connectivity index (χ2n) is 8.22. The molecule has 0 spiro atoms. The van der Waals surface area contributed by atoms with Gasteiger partial charge in [0.05, 0.1) is 5.70 Å². The smallest absolute Gasteiger partial charge is 0.153 e. The number of nitrogens with one attached hydrogen (secondary N) is 1. The third-order valence-electron chi connectivity index (χ3n) is 5.07. The molecule has 2 nitrogen and oxygen atoms in total. The summed E-state index contributed by atoms with van der Waals surface area (Å²) >= 11 is 0. The van der Waals surface area contributed by atoms with Gasteiger partial charge in [0.25, 0.3) is 0 Å². The van der Waals surface area contributed by atoms with Crippen molar-refractivity contribution < 1.29 is 4.42 Å². The number of hydrogen-bond donors (Lipinski definition) is 1. The van der Waals surface area contributed by atoms with E-state index in [1.165, 1.54) is 11.1 Å². The van der Waals surface area contributed by atoms with Crippen molar-refractivity contribution in [2.45, 2.75) is 53.0 Å². The van der Waals surface area contributed by atoms with Crippen LogP contribution in [0, 0.1) is 6.92 Å². The summed E-state index contributed by atoms with van der Waals surface area (Å²) in [6.07, 6.45) is 0. The first-order valence-corrected chi connectivity index (χ1v) is 9.23. The van der Waals surface area contributed by atoms with Crippen molar-refractivity contribution in [3.8, 4) is 0 Å². The van der Waals surface area contributed by atoms with Crippen molar-refractivity contribution in [1.82, 2.24) is 5.32 Å². The normalized spacial score (nSPS) is 14.4. The van der Waals surface area contributed by atoms with Crippen LogP contribution in [-0.4, -0.2) is 0 Å². The minimum Gasteiger partial charge on any atom is -0.454 e. The van der Waals surface area contributed by atoms with Gasteiger partial charge >= 0.3 is 0 Å². The fraction of sp³-hybridized carbons (Fsp3) is 0.333. The maximum Gasteiger partial charge on any atom is 0.153 e. The summed E-state index contributed by atoms with van der Waals surface area (Å²) in [6, 6.07) is 15.2. The van der Waals surface area contributed by atoms with E-state index < -0.39 is 0 Å². The molecule has 0 radical (unpaired) electrons. The van der Waals surface area contributed by atoms with E-state index in [1.807, 2.05) is 6.07 Å². The molecule has 0 amide bonds. The average Bonchev–Trinajstić information content (AvgIpc) is 2.93. The van der Waals surface area contributed by atoms with Crippen LogP contribution in [0.5, 0.6) is 0 Å². The van der Waals surface area contributed by atoms with Gasteiger partial charge in [-0.25, -0.2) is 0 Å². The van der Waals surface area contributed by atoms with Gasteiger partial charge in [-0.3, -0.25) is 0 Å². The molecule has 0 bridgehead atoms. The van der Waals surface area contributed by atoms with Crippen LogP contribution < -0.4 is 16.0 Å². The zero-order valence-corrected chi connectivity index (χ0v) is 16.7. The summed E-state index contributed by atoms with van der Waals surface area (Å²) in [5, 5.41) is 5.61. The maximum atomic E-state index is 6.13.